The number of carbonyl (C=O) groups is 2. The molecule has 1 aliphatic heterocycles. The van der Waals surface area contributed by atoms with Gasteiger partial charge in [-0.3, -0.25) is 14.5 Å². The molecule has 0 aromatic carbocycles. The summed E-state index contributed by atoms with van der Waals surface area (Å²) in [6, 6.07) is 2.47. The number of rotatable bonds is 2. The molecule has 1 unspecified atom stereocenters. The van der Waals surface area contributed by atoms with E-state index in [2.05, 4.69) is 4.98 Å². The Hall–Kier alpha value is -1.78. The van der Waals surface area contributed by atoms with Crippen molar-refractivity contribution in [1.82, 2.24) is 9.88 Å². The quantitative estimate of drug-likeness (QED) is 0.594. The average Bonchev–Trinajstić information content (AvgIpc) is 2.71. The van der Waals surface area contributed by atoms with Crippen LogP contribution in [0.1, 0.15) is 30.6 Å². The fourth-order valence-corrected chi connectivity index (χ4v) is 2.04. The van der Waals surface area contributed by atoms with Gasteiger partial charge in [-0.05, 0) is 24.0 Å². The van der Waals surface area contributed by atoms with Crippen LogP contribution in [0.2, 0.25) is 0 Å². The van der Waals surface area contributed by atoms with Crippen molar-refractivity contribution in [2.75, 3.05) is 6.54 Å². The molecule has 1 aliphatic rings. The van der Waals surface area contributed by atoms with Crippen LogP contribution in [0.5, 0.6) is 0 Å². The molecule has 1 saturated heterocycles. The zero-order chi connectivity index (χ0) is 13.3. The van der Waals surface area contributed by atoms with E-state index in [0.717, 1.165) is 12.3 Å². The first kappa shape index (κ1) is 12.7. The van der Waals surface area contributed by atoms with Gasteiger partial charge >= 0.3 is 0 Å². The van der Waals surface area contributed by atoms with Gasteiger partial charge in [-0.25, -0.2) is 4.98 Å². The lowest BCUT2D eigenvalue weighted by Gasteiger charge is -2.16. The topological polar surface area (TPSA) is 50.3 Å². The lowest BCUT2D eigenvalue weighted by atomic mass is 9.95. The van der Waals surface area contributed by atoms with Crippen LogP contribution >= 0.6 is 0 Å². The van der Waals surface area contributed by atoms with Gasteiger partial charge < -0.3 is 0 Å². The molecule has 5 heteroatoms. The number of aromatic nitrogens is 1. The lowest BCUT2D eigenvalue weighted by molar-refractivity contribution is -0.125. The van der Waals surface area contributed by atoms with E-state index in [1.54, 1.807) is 0 Å². The van der Waals surface area contributed by atoms with Crippen LogP contribution < -0.4 is 0 Å². The van der Waals surface area contributed by atoms with Gasteiger partial charge in [0.05, 0.1) is 5.56 Å². The Kier molecular flexibility index (Phi) is 3.41. The summed E-state index contributed by atoms with van der Waals surface area (Å²) in [7, 11) is 0. The second-order valence-electron chi connectivity index (χ2n) is 4.89. The van der Waals surface area contributed by atoms with E-state index in [9.17, 15) is 14.0 Å². The highest BCUT2D eigenvalue weighted by Crippen LogP contribution is 2.25. The second kappa shape index (κ2) is 4.84. The van der Waals surface area contributed by atoms with Crippen LogP contribution in [0, 0.1) is 17.8 Å². The third-order valence-electron chi connectivity index (χ3n) is 3.32. The number of carbonyl (C=O) groups excluding carboxylic acids is 2. The predicted molar refractivity (Wildman–Crippen MR) is 63.2 cm³/mol. The lowest BCUT2D eigenvalue weighted by Crippen LogP contribution is -2.32. The van der Waals surface area contributed by atoms with Crippen LogP contribution in [-0.4, -0.2) is 28.2 Å². The molecule has 1 atom stereocenters. The molecule has 2 amide bonds. The predicted octanol–water partition coefficient (Wildman–Crippen LogP) is 1.87. The van der Waals surface area contributed by atoms with E-state index in [-0.39, 0.29) is 17.4 Å². The first-order chi connectivity index (χ1) is 8.49. The molecular weight excluding hydrogens is 235 g/mol. The van der Waals surface area contributed by atoms with E-state index in [0.29, 0.717) is 18.9 Å². The summed E-state index contributed by atoms with van der Waals surface area (Å²) in [5.41, 5.74) is 0.245. The minimum Gasteiger partial charge on any atom is -0.278 e. The Morgan fingerprint density at radius 3 is 2.72 bits per heavy atom. The third kappa shape index (κ3) is 2.39. The van der Waals surface area contributed by atoms with E-state index in [1.807, 2.05) is 13.8 Å². The van der Waals surface area contributed by atoms with Crippen molar-refractivity contribution < 1.29 is 14.0 Å². The normalized spacial score (nSPS) is 19.7. The molecule has 2 heterocycles. The number of hydrogen-bond acceptors (Lipinski definition) is 3. The van der Waals surface area contributed by atoms with Gasteiger partial charge in [0.25, 0.3) is 5.91 Å². The van der Waals surface area contributed by atoms with Crippen molar-refractivity contribution >= 4 is 11.8 Å². The molecule has 0 aliphatic carbocycles. The van der Waals surface area contributed by atoms with Crippen molar-refractivity contribution in [3.05, 3.63) is 29.8 Å². The summed E-state index contributed by atoms with van der Waals surface area (Å²) >= 11 is 0. The van der Waals surface area contributed by atoms with Crippen molar-refractivity contribution in [2.24, 2.45) is 11.8 Å². The van der Waals surface area contributed by atoms with Gasteiger partial charge in [0.2, 0.25) is 11.9 Å². The number of likely N-dealkylation sites (tertiary alicyclic amines) is 1. The zero-order valence-corrected chi connectivity index (χ0v) is 10.4. The third-order valence-corrected chi connectivity index (χ3v) is 3.32. The molecule has 18 heavy (non-hydrogen) atoms. The molecular formula is C13H15FN2O2. The Morgan fingerprint density at radius 2 is 2.22 bits per heavy atom. The molecule has 96 valence electrons. The molecule has 4 nitrogen and oxygen atoms in total. The van der Waals surface area contributed by atoms with Crippen molar-refractivity contribution in [3.8, 4) is 0 Å². The highest BCUT2D eigenvalue weighted by atomic mass is 19.1. The number of halogens is 1. The molecule has 2 rings (SSSR count). The minimum atomic E-state index is -0.639. The van der Waals surface area contributed by atoms with Gasteiger partial charge in [0.1, 0.15) is 0 Å². The second-order valence-corrected chi connectivity index (χ2v) is 4.89. The van der Waals surface area contributed by atoms with E-state index in [1.165, 1.54) is 11.0 Å². The summed E-state index contributed by atoms with van der Waals surface area (Å²) in [4.78, 5) is 28.5. The summed E-state index contributed by atoms with van der Waals surface area (Å²) < 4.78 is 12.7. The van der Waals surface area contributed by atoms with Gasteiger partial charge in [-0.2, -0.15) is 4.39 Å². The van der Waals surface area contributed by atoms with Crippen LogP contribution in [-0.2, 0) is 4.79 Å². The summed E-state index contributed by atoms with van der Waals surface area (Å²) in [6.07, 6.45) is 1.56. The molecule has 0 radical (unpaired) electrons. The summed E-state index contributed by atoms with van der Waals surface area (Å²) in [5, 5.41) is 0. The van der Waals surface area contributed by atoms with E-state index >= 15 is 0 Å². The van der Waals surface area contributed by atoms with Crippen molar-refractivity contribution in [3.63, 3.8) is 0 Å². The number of hydrogen-bond donors (Lipinski definition) is 0. The first-order valence-electron chi connectivity index (χ1n) is 5.95. The summed E-state index contributed by atoms with van der Waals surface area (Å²) in [5.74, 6) is -0.633. The zero-order valence-electron chi connectivity index (χ0n) is 10.4. The fraction of sp³-hybridized carbons (Fsp3) is 0.462. The molecule has 0 spiro atoms. The van der Waals surface area contributed by atoms with Crippen LogP contribution in [0.15, 0.2) is 18.3 Å². The number of pyridine rings is 1. The maximum atomic E-state index is 12.7. The molecule has 0 saturated carbocycles. The molecule has 1 fully saturated rings. The van der Waals surface area contributed by atoms with Crippen molar-refractivity contribution in [1.29, 1.82) is 0 Å². The van der Waals surface area contributed by atoms with Crippen LogP contribution in [0.3, 0.4) is 0 Å². The molecule has 0 N–H and O–H groups in total. The van der Waals surface area contributed by atoms with Crippen molar-refractivity contribution in [2.45, 2.75) is 20.3 Å². The SMILES string of the molecule is CC(C)C1CC(=O)N(C(=O)c2ccc(F)nc2)C1. The fourth-order valence-electron chi connectivity index (χ4n) is 2.04. The highest BCUT2D eigenvalue weighted by Gasteiger charge is 2.35. The van der Waals surface area contributed by atoms with Gasteiger partial charge in [-0.15, -0.1) is 0 Å². The summed E-state index contributed by atoms with van der Waals surface area (Å²) in [6.45, 7) is 4.50. The molecule has 1 aromatic heterocycles. The average molecular weight is 250 g/mol. The largest absolute Gasteiger partial charge is 0.278 e. The Morgan fingerprint density at radius 1 is 1.50 bits per heavy atom. The number of nitrogens with zero attached hydrogens (tertiary/aromatic N) is 2. The van der Waals surface area contributed by atoms with E-state index < -0.39 is 11.9 Å². The van der Waals surface area contributed by atoms with E-state index in [4.69, 9.17) is 0 Å². The Bertz CT molecular complexity index is 470. The highest BCUT2D eigenvalue weighted by molar-refractivity contribution is 6.05. The van der Waals surface area contributed by atoms with Crippen LogP contribution in [0.4, 0.5) is 4.39 Å². The van der Waals surface area contributed by atoms with Gasteiger partial charge in [0, 0.05) is 19.2 Å². The maximum Gasteiger partial charge on any atom is 0.262 e. The minimum absolute atomic E-state index is 0.164. The Balaban J connectivity index is 2.15. The molecule has 0 bridgehead atoms. The van der Waals surface area contributed by atoms with Gasteiger partial charge in [0.15, 0.2) is 0 Å². The molecule has 1 aromatic rings. The first-order valence-corrected chi connectivity index (χ1v) is 5.95. The maximum absolute atomic E-state index is 12.7. The number of amides is 2. The van der Waals surface area contributed by atoms with Crippen LogP contribution in [0.25, 0.3) is 0 Å². The standard InChI is InChI=1S/C13H15FN2O2/c1-8(2)10-5-12(17)16(7-10)13(18)9-3-4-11(14)15-6-9/h3-4,6,8,10H,5,7H2,1-2H3. The van der Waals surface area contributed by atoms with Gasteiger partial charge in [-0.1, -0.05) is 13.8 Å². The monoisotopic (exact) mass is 250 g/mol. The Labute approximate surface area is 105 Å². The smallest absolute Gasteiger partial charge is 0.262 e. The number of imide groups is 1.